The third-order valence-electron chi connectivity index (χ3n) is 7.48. The molecule has 1 heterocycles. The average molecular weight is 479 g/mol. The molecule has 2 fully saturated rings. The second-order valence-electron chi connectivity index (χ2n) is 10.1. The average Bonchev–Trinajstić information content (AvgIpc) is 3.56. The van der Waals surface area contributed by atoms with Crippen LogP contribution in [0, 0.1) is 5.92 Å². The summed E-state index contributed by atoms with van der Waals surface area (Å²) in [5.74, 6) is 1.32. The Labute approximate surface area is 210 Å². The predicted molar refractivity (Wildman–Crippen MR) is 142 cm³/mol. The molecule has 0 saturated heterocycles. The number of carbonyl (C=O) groups excluding carboxylic acids is 2. The van der Waals surface area contributed by atoms with Crippen LogP contribution in [0.3, 0.4) is 0 Å². The number of carbonyl (C=O) groups is 2. The number of anilines is 1. The van der Waals surface area contributed by atoms with Crippen LogP contribution in [0.2, 0.25) is 0 Å². The number of hydrogen-bond donors (Lipinski definition) is 3. The molecule has 0 bridgehead atoms. The molecule has 4 aromatic rings. The van der Waals surface area contributed by atoms with Crippen LogP contribution in [0.25, 0.3) is 22.4 Å². The molecule has 6 rings (SSSR count). The lowest BCUT2D eigenvalue weighted by Gasteiger charge is -2.20. The van der Waals surface area contributed by atoms with E-state index >= 15 is 0 Å². The van der Waals surface area contributed by atoms with Crippen molar-refractivity contribution >= 4 is 28.5 Å². The van der Waals surface area contributed by atoms with Crippen LogP contribution in [-0.2, 0) is 4.79 Å². The molecule has 182 valence electrons. The van der Waals surface area contributed by atoms with Gasteiger partial charge in [-0.15, -0.1) is 0 Å². The summed E-state index contributed by atoms with van der Waals surface area (Å²) in [6.45, 7) is 0. The third-order valence-corrected chi connectivity index (χ3v) is 7.48. The lowest BCUT2D eigenvalue weighted by molar-refractivity contribution is -0.120. The fraction of sp³-hybridized carbons (Fsp3) is 0.300. The van der Waals surface area contributed by atoms with E-state index in [-0.39, 0.29) is 23.8 Å². The number of hydrogen-bond acceptors (Lipinski definition) is 3. The van der Waals surface area contributed by atoms with Crippen LogP contribution in [0.15, 0.2) is 72.8 Å². The van der Waals surface area contributed by atoms with Gasteiger partial charge in [-0.2, -0.15) is 0 Å². The minimum atomic E-state index is -0.0667. The van der Waals surface area contributed by atoms with Gasteiger partial charge in [0.15, 0.2) is 0 Å². The number of amides is 2. The van der Waals surface area contributed by atoms with E-state index in [4.69, 9.17) is 4.98 Å². The summed E-state index contributed by atoms with van der Waals surface area (Å²) in [5.41, 5.74) is 5.25. The van der Waals surface area contributed by atoms with Gasteiger partial charge in [-0.1, -0.05) is 49.6 Å². The number of H-pyrrole nitrogens is 1. The van der Waals surface area contributed by atoms with Gasteiger partial charge in [-0.25, -0.2) is 4.98 Å². The number of fused-ring (bicyclic) bond motifs is 1. The summed E-state index contributed by atoms with van der Waals surface area (Å²) in [6.07, 6.45) is 6.45. The molecule has 2 aliphatic rings. The maximum atomic E-state index is 12.8. The molecule has 1 aromatic heterocycles. The minimum absolute atomic E-state index is 0.0667. The standard InChI is InChI=1S/C30H30N4O2/c35-29(21-9-5-2-6-10-21)31-23-14-11-20(12-15-23)28-32-25-16-13-22(17-27(25)33-28)30(36)34-26-18-24(26)19-7-3-1-4-8-19/h1,3-4,7-8,11-17,21,24,26H,2,5-6,9-10,18H2,(H,31,35)(H,32,33)(H,34,36). The Morgan fingerprint density at radius 3 is 2.44 bits per heavy atom. The highest BCUT2D eigenvalue weighted by Crippen LogP contribution is 2.40. The van der Waals surface area contributed by atoms with Crippen molar-refractivity contribution in [3.05, 3.63) is 83.9 Å². The van der Waals surface area contributed by atoms with Crippen molar-refractivity contribution in [1.29, 1.82) is 0 Å². The van der Waals surface area contributed by atoms with Crippen LogP contribution in [0.4, 0.5) is 5.69 Å². The van der Waals surface area contributed by atoms with Crippen molar-refractivity contribution in [1.82, 2.24) is 15.3 Å². The van der Waals surface area contributed by atoms with E-state index in [1.807, 2.05) is 60.7 Å². The number of aromatic nitrogens is 2. The quantitative estimate of drug-likeness (QED) is 0.316. The Morgan fingerprint density at radius 1 is 0.889 bits per heavy atom. The zero-order chi connectivity index (χ0) is 24.5. The lowest BCUT2D eigenvalue weighted by atomic mass is 9.88. The van der Waals surface area contributed by atoms with E-state index in [9.17, 15) is 9.59 Å². The molecule has 0 spiro atoms. The summed E-state index contributed by atoms with van der Waals surface area (Å²) >= 11 is 0. The number of imidazole rings is 1. The SMILES string of the molecule is O=C(NC1CC1c1ccccc1)c1ccc2[nH]c(-c3ccc(NC(=O)C4CCCCC4)cc3)nc2c1. The van der Waals surface area contributed by atoms with Gasteiger partial charge in [0.1, 0.15) is 5.82 Å². The Hall–Kier alpha value is -3.93. The van der Waals surface area contributed by atoms with E-state index in [0.717, 1.165) is 60.2 Å². The van der Waals surface area contributed by atoms with Crippen molar-refractivity contribution in [3.63, 3.8) is 0 Å². The summed E-state index contributed by atoms with van der Waals surface area (Å²) in [4.78, 5) is 33.4. The van der Waals surface area contributed by atoms with Gasteiger partial charge in [-0.05, 0) is 67.3 Å². The van der Waals surface area contributed by atoms with Crippen LogP contribution >= 0.6 is 0 Å². The first-order valence-electron chi connectivity index (χ1n) is 12.9. The van der Waals surface area contributed by atoms with Gasteiger partial charge < -0.3 is 15.6 Å². The molecule has 0 aliphatic heterocycles. The zero-order valence-electron chi connectivity index (χ0n) is 20.2. The molecule has 2 unspecified atom stereocenters. The first-order chi connectivity index (χ1) is 17.6. The fourth-order valence-corrected chi connectivity index (χ4v) is 5.28. The van der Waals surface area contributed by atoms with E-state index in [2.05, 4.69) is 27.8 Å². The molecule has 2 aliphatic carbocycles. The van der Waals surface area contributed by atoms with E-state index in [0.29, 0.717) is 11.5 Å². The summed E-state index contributed by atoms with van der Waals surface area (Å²) < 4.78 is 0. The van der Waals surface area contributed by atoms with Crippen LogP contribution in [-0.4, -0.2) is 27.8 Å². The van der Waals surface area contributed by atoms with Crippen molar-refractivity contribution in [2.75, 3.05) is 5.32 Å². The number of aromatic amines is 1. The monoisotopic (exact) mass is 478 g/mol. The van der Waals surface area contributed by atoms with E-state index in [1.165, 1.54) is 12.0 Å². The molecule has 2 amide bonds. The number of nitrogens with one attached hydrogen (secondary N) is 3. The molecule has 2 atom stereocenters. The third kappa shape index (κ3) is 4.76. The van der Waals surface area contributed by atoms with Gasteiger partial charge in [0.2, 0.25) is 5.91 Å². The van der Waals surface area contributed by atoms with Crippen molar-refractivity contribution in [2.45, 2.75) is 50.5 Å². The topological polar surface area (TPSA) is 86.9 Å². The highest BCUT2D eigenvalue weighted by Gasteiger charge is 2.39. The Morgan fingerprint density at radius 2 is 1.67 bits per heavy atom. The summed E-state index contributed by atoms with van der Waals surface area (Å²) in [5, 5.41) is 6.21. The van der Waals surface area contributed by atoms with Gasteiger partial charge in [0.05, 0.1) is 11.0 Å². The normalized spacial score (nSPS) is 19.7. The summed E-state index contributed by atoms with van der Waals surface area (Å²) in [7, 11) is 0. The number of benzene rings is 3. The minimum Gasteiger partial charge on any atom is -0.349 e. The Balaban J connectivity index is 1.11. The van der Waals surface area contributed by atoms with Crippen molar-refractivity contribution in [3.8, 4) is 11.4 Å². The predicted octanol–water partition coefficient (Wildman–Crippen LogP) is 6.03. The lowest BCUT2D eigenvalue weighted by Crippen LogP contribution is -2.26. The van der Waals surface area contributed by atoms with Crippen molar-refractivity contribution < 1.29 is 9.59 Å². The smallest absolute Gasteiger partial charge is 0.251 e. The molecular formula is C30H30N4O2. The van der Waals surface area contributed by atoms with Gasteiger partial charge in [-0.3, -0.25) is 9.59 Å². The second-order valence-corrected chi connectivity index (χ2v) is 10.1. The Bertz CT molecular complexity index is 1390. The van der Waals surface area contributed by atoms with Crippen LogP contribution in [0.1, 0.15) is 60.4 Å². The molecule has 2 saturated carbocycles. The zero-order valence-corrected chi connectivity index (χ0v) is 20.2. The largest absolute Gasteiger partial charge is 0.349 e. The van der Waals surface area contributed by atoms with E-state index < -0.39 is 0 Å². The molecular weight excluding hydrogens is 448 g/mol. The Kier molecular flexibility index (Phi) is 6.01. The molecule has 3 aromatic carbocycles. The maximum absolute atomic E-state index is 12.8. The van der Waals surface area contributed by atoms with Gasteiger partial charge >= 0.3 is 0 Å². The summed E-state index contributed by atoms with van der Waals surface area (Å²) in [6, 6.07) is 23.8. The first-order valence-corrected chi connectivity index (χ1v) is 12.9. The maximum Gasteiger partial charge on any atom is 0.251 e. The first kappa shape index (κ1) is 22.5. The van der Waals surface area contributed by atoms with Crippen LogP contribution < -0.4 is 10.6 Å². The van der Waals surface area contributed by atoms with Gasteiger partial charge in [0, 0.05) is 34.7 Å². The number of nitrogens with zero attached hydrogens (tertiary/aromatic N) is 1. The molecule has 6 nitrogen and oxygen atoms in total. The van der Waals surface area contributed by atoms with Crippen molar-refractivity contribution in [2.24, 2.45) is 5.92 Å². The second kappa shape index (κ2) is 9.61. The van der Waals surface area contributed by atoms with Gasteiger partial charge in [0.25, 0.3) is 5.91 Å². The van der Waals surface area contributed by atoms with Crippen LogP contribution in [0.5, 0.6) is 0 Å². The molecule has 0 radical (unpaired) electrons. The molecule has 6 heteroatoms. The number of rotatable bonds is 6. The highest BCUT2D eigenvalue weighted by molar-refractivity contribution is 5.98. The molecule has 36 heavy (non-hydrogen) atoms. The highest BCUT2D eigenvalue weighted by atomic mass is 16.2. The fourth-order valence-electron chi connectivity index (χ4n) is 5.28. The molecule has 3 N–H and O–H groups in total. The van der Waals surface area contributed by atoms with E-state index in [1.54, 1.807) is 0 Å².